The van der Waals surface area contributed by atoms with Gasteiger partial charge in [0, 0.05) is 16.9 Å². The third-order valence-corrected chi connectivity index (χ3v) is 4.70. The van der Waals surface area contributed by atoms with Crippen LogP contribution in [-0.4, -0.2) is 15.7 Å². The van der Waals surface area contributed by atoms with Crippen LogP contribution in [0.5, 0.6) is 0 Å². The summed E-state index contributed by atoms with van der Waals surface area (Å²) in [6, 6.07) is 15.4. The highest BCUT2D eigenvalue weighted by atomic mass is 35.5. The van der Waals surface area contributed by atoms with Crippen molar-refractivity contribution < 1.29 is 4.79 Å². The number of rotatable bonds is 6. The maximum atomic E-state index is 12.8. The van der Waals surface area contributed by atoms with E-state index in [1.807, 2.05) is 48.5 Å². The number of nitrogens with one attached hydrogen (secondary N) is 1. The fourth-order valence-electron chi connectivity index (χ4n) is 2.90. The van der Waals surface area contributed by atoms with E-state index < -0.39 is 0 Å². The van der Waals surface area contributed by atoms with Crippen LogP contribution >= 0.6 is 11.6 Å². The van der Waals surface area contributed by atoms with Gasteiger partial charge < -0.3 is 5.32 Å². The number of anilines is 1. The Morgan fingerprint density at radius 3 is 2.37 bits per heavy atom. The number of hydrogen-bond acceptors (Lipinski definition) is 2. The van der Waals surface area contributed by atoms with Gasteiger partial charge in [0.25, 0.3) is 5.91 Å². The van der Waals surface area contributed by atoms with Crippen molar-refractivity contribution in [2.75, 3.05) is 5.32 Å². The summed E-state index contributed by atoms with van der Waals surface area (Å²) < 4.78 is 1.73. The Morgan fingerprint density at radius 2 is 1.78 bits per heavy atom. The lowest BCUT2D eigenvalue weighted by Gasteiger charge is -2.08. The maximum Gasteiger partial charge on any atom is 0.259 e. The molecule has 1 N–H and O–H groups in total. The van der Waals surface area contributed by atoms with E-state index in [9.17, 15) is 4.79 Å². The lowest BCUT2D eigenvalue weighted by molar-refractivity contribution is 0.102. The van der Waals surface area contributed by atoms with Crippen molar-refractivity contribution in [1.29, 1.82) is 0 Å². The molecule has 0 bridgehead atoms. The minimum absolute atomic E-state index is 0.143. The summed E-state index contributed by atoms with van der Waals surface area (Å²) in [6.07, 6.45) is 3.45. The van der Waals surface area contributed by atoms with E-state index in [1.165, 1.54) is 5.56 Å². The Labute approximate surface area is 165 Å². The van der Waals surface area contributed by atoms with Crippen molar-refractivity contribution >= 4 is 23.2 Å². The second-order valence-corrected chi connectivity index (χ2v) is 7.33. The molecule has 4 nitrogen and oxygen atoms in total. The van der Waals surface area contributed by atoms with Gasteiger partial charge in [-0.3, -0.25) is 4.79 Å². The first-order valence-electron chi connectivity index (χ1n) is 9.23. The van der Waals surface area contributed by atoms with E-state index in [4.69, 9.17) is 11.6 Å². The van der Waals surface area contributed by atoms with E-state index in [1.54, 1.807) is 10.9 Å². The number of hydrogen-bond donors (Lipinski definition) is 1. The summed E-state index contributed by atoms with van der Waals surface area (Å²) in [7, 11) is 0. The summed E-state index contributed by atoms with van der Waals surface area (Å²) >= 11 is 5.96. The molecule has 140 valence electrons. The quantitative estimate of drug-likeness (QED) is 0.581. The molecule has 5 heteroatoms. The van der Waals surface area contributed by atoms with Crippen molar-refractivity contribution in [2.24, 2.45) is 0 Å². The van der Waals surface area contributed by atoms with E-state index in [0.29, 0.717) is 16.5 Å². The molecule has 1 amide bonds. The molecular weight excluding hydrogens is 358 g/mol. The second kappa shape index (κ2) is 8.40. The number of amides is 1. The molecule has 3 rings (SSSR count). The highest BCUT2D eigenvalue weighted by Crippen LogP contribution is 2.20. The van der Waals surface area contributed by atoms with Crippen LogP contribution in [0.15, 0.2) is 54.7 Å². The van der Waals surface area contributed by atoms with Crippen LogP contribution in [0.25, 0.3) is 5.69 Å². The van der Waals surface area contributed by atoms with E-state index in [2.05, 4.69) is 31.2 Å². The predicted molar refractivity (Wildman–Crippen MR) is 111 cm³/mol. The Morgan fingerprint density at radius 1 is 1.11 bits per heavy atom. The Kier molecular flexibility index (Phi) is 5.97. The molecule has 2 aromatic carbocycles. The molecule has 0 saturated carbocycles. The Bertz CT molecular complexity index is 912. The molecule has 3 aromatic rings. The standard InChI is InChI=1S/C22H24ClN3O/c1-4-5-21-20(14-26(25-21)19-12-8-17(23)9-13-19)22(27)24-18-10-6-16(7-11-18)15(2)3/h6-15H,4-5H2,1-3H3,(H,24,27). The number of aromatic nitrogens is 2. The third kappa shape index (κ3) is 4.58. The van der Waals surface area contributed by atoms with Gasteiger partial charge >= 0.3 is 0 Å². The first-order chi connectivity index (χ1) is 13.0. The zero-order valence-corrected chi connectivity index (χ0v) is 16.6. The number of carbonyl (C=O) groups excluding carboxylic acids is 1. The van der Waals surface area contributed by atoms with Gasteiger partial charge in [0.2, 0.25) is 0 Å². The normalized spacial score (nSPS) is 11.0. The molecule has 0 atom stereocenters. The number of aryl methyl sites for hydroxylation is 1. The molecule has 0 aliphatic carbocycles. The number of nitrogens with zero attached hydrogens (tertiary/aromatic N) is 2. The summed E-state index contributed by atoms with van der Waals surface area (Å²) in [4.78, 5) is 12.8. The minimum Gasteiger partial charge on any atom is -0.322 e. The molecule has 0 unspecified atom stereocenters. The number of carbonyl (C=O) groups is 1. The van der Waals surface area contributed by atoms with Crippen molar-refractivity contribution in [3.63, 3.8) is 0 Å². The molecule has 27 heavy (non-hydrogen) atoms. The van der Waals surface area contributed by atoms with E-state index >= 15 is 0 Å². The Hall–Kier alpha value is -2.59. The molecule has 0 spiro atoms. The van der Waals surface area contributed by atoms with Crippen LogP contribution in [0, 0.1) is 0 Å². The molecular formula is C22H24ClN3O. The topological polar surface area (TPSA) is 46.9 Å². The molecule has 0 radical (unpaired) electrons. The number of halogens is 1. The van der Waals surface area contributed by atoms with Crippen molar-refractivity contribution in [1.82, 2.24) is 9.78 Å². The van der Waals surface area contributed by atoms with Crippen LogP contribution in [0.4, 0.5) is 5.69 Å². The molecule has 0 fully saturated rings. The molecule has 1 heterocycles. The van der Waals surface area contributed by atoms with Gasteiger partial charge in [0.05, 0.1) is 16.9 Å². The fraction of sp³-hybridized carbons (Fsp3) is 0.273. The van der Waals surface area contributed by atoms with E-state index in [0.717, 1.165) is 29.9 Å². The average Bonchev–Trinajstić information content (AvgIpc) is 3.07. The van der Waals surface area contributed by atoms with Gasteiger partial charge in [-0.15, -0.1) is 0 Å². The zero-order chi connectivity index (χ0) is 19.4. The van der Waals surface area contributed by atoms with Gasteiger partial charge in [-0.25, -0.2) is 4.68 Å². The van der Waals surface area contributed by atoms with Crippen LogP contribution in [0.3, 0.4) is 0 Å². The average molecular weight is 382 g/mol. The van der Waals surface area contributed by atoms with Crippen LogP contribution < -0.4 is 5.32 Å². The second-order valence-electron chi connectivity index (χ2n) is 6.89. The Balaban J connectivity index is 1.85. The van der Waals surface area contributed by atoms with Crippen molar-refractivity contribution in [3.05, 3.63) is 76.6 Å². The first kappa shape index (κ1) is 19.2. The van der Waals surface area contributed by atoms with E-state index in [-0.39, 0.29) is 5.91 Å². The van der Waals surface area contributed by atoms with Gasteiger partial charge in [-0.05, 0) is 54.3 Å². The predicted octanol–water partition coefficient (Wildman–Crippen LogP) is 5.85. The SMILES string of the molecule is CCCc1nn(-c2ccc(Cl)cc2)cc1C(=O)Nc1ccc(C(C)C)cc1. The highest BCUT2D eigenvalue weighted by molar-refractivity contribution is 6.30. The molecule has 0 saturated heterocycles. The first-order valence-corrected chi connectivity index (χ1v) is 9.61. The monoisotopic (exact) mass is 381 g/mol. The van der Waals surface area contributed by atoms with Gasteiger partial charge in [-0.2, -0.15) is 5.10 Å². The summed E-state index contributed by atoms with van der Waals surface area (Å²) in [6.45, 7) is 6.37. The van der Waals surface area contributed by atoms with Crippen molar-refractivity contribution in [3.8, 4) is 5.69 Å². The molecule has 1 aromatic heterocycles. The molecule has 0 aliphatic rings. The lowest BCUT2D eigenvalue weighted by Crippen LogP contribution is -2.13. The third-order valence-electron chi connectivity index (χ3n) is 4.45. The van der Waals surface area contributed by atoms with Crippen LogP contribution in [0.2, 0.25) is 5.02 Å². The largest absolute Gasteiger partial charge is 0.322 e. The smallest absolute Gasteiger partial charge is 0.259 e. The van der Waals surface area contributed by atoms with Crippen LogP contribution in [0.1, 0.15) is 54.7 Å². The van der Waals surface area contributed by atoms with Gasteiger partial charge in [0.1, 0.15) is 0 Å². The van der Waals surface area contributed by atoms with Gasteiger partial charge in [0.15, 0.2) is 0 Å². The van der Waals surface area contributed by atoms with Crippen LogP contribution in [-0.2, 0) is 6.42 Å². The lowest BCUT2D eigenvalue weighted by atomic mass is 10.0. The summed E-state index contributed by atoms with van der Waals surface area (Å²) in [5, 5.41) is 8.27. The molecule has 0 aliphatic heterocycles. The highest BCUT2D eigenvalue weighted by Gasteiger charge is 2.17. The zero-order valence-electron chi connectivity index (χ0n) is 15.9. The maximum absolute atomic E-state index is 12.8. The van der Waals surface area contributed by atoms with Crippen molar-refractivity contribution in [2.45, 2.75) is 39.5 Å². The number of benzene rings is 2. The fourth-order valence-corrected chi connectivity index (χ4v) is 3.02. The summed E-state index contributed by atoms with van der Waals surface area (Å²) in [5.74, 6) is 0.319. The van der Waals surface area contributed by atoms with Gasteiger partial charge in [-0.1, -0.05) is 50.9 Å². The summed E-state index contributed by atoms with van der Waals surface area (Å²) in [5.41, 5.74) is 4.29. The minimum atomic E-state index is -0.143.